The molecule has 4 aliphatic heterocycles. The molecule has 14 nitrogen and oxygen atoms in total. The zero-order valence-corrected chi connectivity index (χ0v) is 21.6. The number of ether oxygens (including phenoxy) is 1. The van der Waals surface area contributed by atoms with E-state index in [2.05, 4.69) is 5.32 Å². The molecule has 4 aliphatic rings. The first kappa shape index (κ1) is 29.9. The van der Waals surface area contributed by atoms with Crippen molar-refractivity contribution < 1.29 is 49.5 Å². The second-order valence-corrected chi connectivity index (χ2v) is 10.0. The molecule has 1 aromatic rings. The van der Waals surface area contributed by atoms with Gasteiger partial charge in [-0.15, -0.1) is 11.8 Å². The molecule has 0 radical (unpaired) electrons. The number of hydrogen-bond donors (Lipinski definition) is 5. The van der Waals surface area contributed by atoms with Crippen molar-refractivity contribution in [1.82, 2.24) is 15.1 Å². The second-order valence-electron chi connectivity index (χ2n) is 8.45. The molecule has 39 heavy (non-hydrogen) atoms. The van der Waals surface area contributed by atoms with Crippen LogP contribution in [-0.2, 0) is 28.7 Å². The summed E-state index contributed by atoms with van der Waals surface area (Å²) < 4.78 is 5.17. The van der Waals surface area contributed by atoms with Crippen molar-refractivity contribution in [1.29, 1.82) is 0 Å². The lowest BCUT2D eigenvalue weighted by molar-refractivity contribution is -0.163. The number of nitrogens with two attached hydrogens (primary N) is 1. The third-order valence-corrected chi connectivity index (χ3v) is 7.91. The standard InChI is InChI=1S/C15H14ClN3O4S.C8H9NO5.H2O/c16-8-6-24-14-10(13(21)19(14)11(8)15(22)23)18-12(20)9(17)7-4-2-1-3-5-7;10-2-1-4-7(8(12)13)9-5(11)3-6(9)14-4;/h1-5,9-10,14H,6,17H2,(H,18,20)(H,22,23);1,6-7,10H,2-3H2,(H,12,13);1H2/b;4-1-;/t9-,10-,14-;6-,7-;/m11./s1. The minimum Gasteiger partial charge on any atom is -0.479 e. The quantitative estimate of drug-likeness (QED) is 0.246. The van der Waals surface area contributed by atoms with Gasteiger partial charge in [0.15, 0.2) is 12.3 Å². The molecule has 0 unspecified atom stereocenters. The van der Waals surface area contributed by atoms with E-state index < -0.39 is 53.5 Å². The highest BCUT2D eigenvalue weighted by Crippen LogP contribution is 2.41. The van der Waals surface area contributed by atoms with Crippen LogP contribution in [0.5, 0.6) is 0 Å². The number of aliphatic carboxylic acids is 2. The topological polar surface area (TPSA) is 231 Å². The fraction of sp³-hybridized carbons (Fsp3) is 0.348. The molecule has 0 aliphatic carbocycles. The number of aliphatic hydroxyl groups is 1. The van der Waals surface area contributed by atoms with E-state index in [0.717, 1.165) is 4.90 Å². The molecule has 5 rings (SSSR count). The highest BCUT2D eigenvalue weighted by Gasteiger charge is 2.55. The molecule has 1 aromatic carbocycles. The summed E-state index contributed by atoms with van der Waals surface area (Å²) in [6.07, 6.45) is 1.03. The molecule has 16 heteroatoms. The van der Waals surface area contributed by atoms with E-state index >= 15 is 0 Å². The number of aliphatic hydroxyl groups excluding tert-OH is 1. The number of fused-ring (bicyclic) bond motifs is 2. The minimum absolute atomic E-state index is 0. The predicted molar refractivity (Wildman–Crippen MR) is 135 cm³/mol. The Morgan fingerprint density at radius 3 is 2.46 bits per heavy atom. The van der Waals surface area contributed by atoms with E-state index in [1.165, 1.54) is 22.7 Å². The second kappa shape index (κ2) is 12.0. The highest BCUT2D eigenvalue weighted by molar-refractivity contribution is 8.00. The van der Waals surface area contributed by atoms with E-state index in [1.807, 2.05) is 6.07 Å². The molecule has 210 valence electrons. The molecule has 8 N–H and O–H groups in total. The molecular formula is C23H25ClN4O10S. The molecule has 3 amide bonds. The number of β-lactam (4-membered cyclic amide) rings is 2. The number of hydrogen-bond acceptors (Lipinski definition) is 9. The first-order valence-corrected chi connectivity index (χ1v) is 12.7. The predicted octanol–water partition coefficient (Wildman–Crippen LogP) is -1.30. The first-order chi connectivity index (χ1) is 18.1. The molecule has 0 aromatic heterocycles. The number of carboxylic acid groups (broad SMARTS) is 2. The van der Waals surface area contributed by atoms with E-state index in [4.69, 9.17) is 32.3 Å². The van der Waals surface area contributed by atoms with Gasteiger partial charge in [0.1, 0.15) is 28.9 Å². The van der Waals surface area contributed by atoms with Gasteiger partial charge in [0.2, 0.25) is 11.8 Å². The van der Waals surface area contributed by atoms with E-state index in [-0.39, 0.29) is 46.7 Å². The van der Waals surface area contributed by atoms with Crippen LogP contribution in [0.15, 0.2) is 52.9 Å². The zero-order chi connectivity index (χ0) is 27.7. The van der Waals surface area contributed by atoms with Crippen LogP contribution in [0.2, 0.25) is 0 Å². The first-order valence-electron chi connectivity index (χ1n) is 11.3. The summed E-state index contributed by atoms with van der Waals surface area (Å²) in [4.78, 5) is 60.0. The molecule has 0 spiro atoms. The number of nitrogens with one attached hydrogen (secondary N) is 1. The third-order valence-electron chi connectivity index (χ3n) is 6.16. The normalized spacial score (nSPS) is 26.5. The Labute approximate surface area is 230 Å². The summed E-state index contributed by atoms with van der Waals surface area (Å²) in [7, 11) is 0. The maximum absolute atomic E-state index is 12.3. The number of thioether (sulfide) groups is 1. The third kappa shape index (κ3) is 5.58. The number of rotatable bonds is 6. The Morgan fingerprint density at radius 1 is 1.23 bits per heavy atom. The minimum atomic E-state index is -1.26. The van der Waals surface area contributed by atoms with Crippen LogP contribution in [0, 0.1) is 0 Å². The van der Waals surface area contributed by atoms with Crippen LogP contribution in [0.1, 0.15) is 18.0 Å². The Bertz CT molecular complexity index is 1240. The largest absolute Gasteiger partial charge is 0.479 e. The number of amides is 3. The van der Waals surface area contributed by atoms with Gasteiger partial charge in [0.25, 0.3) is 5.91 Å². The van der Waals surface area contributed by atoms with Crippen LogP contribution >= 0.6 is 23.4 Å². The smallest absolute Gasteiger partial charge is 0.353 e. The Balaban J connectivity index is 0.000000239. The number of carbonyl (C=O) groups excluding carboxylic acids is 3. The van der Waals surface area contributed by atoms with Crippen LogP contribution < -0.4 is 11.1 Å². The maximum atomic E-state index is 12.3. The van der Waals surface area contributed by atoms with Gasteiger partial charge in [0, 0.05) is 5.75 Å². The monoisotopic (exact) mass is 584 g/mol. The number of nitrogens with zero attached hydrogens (tertiary/aromatic N) is 2. The van der Waals surface area contributed by atoms with Gasteiger partial charge in [-0.3, -0.25) is 24.2 Å². The van der Waals surface area contributed by atoms with Gasteiger partial charge in [0.05, 0.1) is 18.1 Å². The average Bonchev–Trinajstić information content (AvgIpc) is 3.19. The Hall–Kier alpha value is -3.63. The molecule has 5 atom stereocenters. The number of carboxylic acids is 2. The summed E-state index contributed by atoms with van der Waals surface area (Å²) in [5.74, 6) is -3.20. The molecule has 3 saturated heterocycles. The van der Waals surface area contributed by atoms with Crippen molar-refractivity contribution in [3.8, 4) is 0 Å². The van der Waals surface area contributed by atoms with Gasteiger partial charge in [-0.1, -0.05) is 41.9 Å². The van der Waals surface area contributed by atoms with Crippen molar-refractivity contribution in [3.05, 3.63) is 58.5 Å². The highest BCUT2D eigenvalue weighted by atomic mass is 35.5. The van der Waals surface area contributed by atoms with Crippen molar-refractivity contribution in [2.24, 2.45) is 5.73 Å². The van der Waals surface area contributed by atoms with Crippen molar-refractivity contribution in [2.45, 2.75) is 36.1 Å². The number of halogens is 1. The van der Waals surface area contributed by atoms with Crippen molar-refractivity contribution >= 4 is 53.0 Å². The van der Waals surface area contributed by atoms with Crippen LogP contribution in [-0.4, -0.2) is 96.3 Å². The molecule has 4 heterocycles. The maximum Gasteiger partial charge on any atom is 0.353 e. The fourth-order valence-corrected chi connectivity index (χ4v) is 5.85. The Morgan fingerprint density at radius 2 is 1.90 bits per heavy atom. The summed E-state index contributed by atoms with van der Waals surface area (Å²) in [5.41, 5.74) is 6.32. The van der Waals surface area contributed by atoms with Gasteiger partial charge < -0.3 is 36.6 Å². The van der Waals surface area contributed by atoms with Crippen LogP contribution in [0.25, 0.3) is 0 Å². The number of carbonyl (C=O) groups is 5. The van der Waals surface area contributed by atoms with E-state index in [0.29, 0.717) is 5.56 Å². The molecule has 3 fully saturated rings. The number of benzene rings is 1. The molecule has 0 bridgehead atoms. The lowest BCUT2D eigenvalue weighted by Crippen LogP contribution is -2.70. The Kier molecular flexibility index (Phi) is 9.24. The van der Waals surface area contributed by atoms with Gasteiger partial charge >= 0.3 is 11.9 Å². The molecular weight excluding hydrogens is 560 g/mol. The van der Waals surface area contributed by atoms with Gasteiger partial charge in [-0.05, 0) is 11.6 Å². The summed E-state index contributed by atoms with van der Waals surface area (Å²) >= 11 is 7.20. The van der Waals surface area contributed by atoms with Crippen LogP contribution in [0.4, 0.5) is 0 Å². The van der Waals surface area contributed by atoms with Gasteiger partial charge in [-0.25, -0.2) is 9.59 Å². The molecule has 0 saturated carbocycles. The summed E-state index contributed by atoms with van der Waals surface area (Å²) in [5, 5.41) is 28.9. The fourth-order valence-electron chi connectivity index (χ4n) is 4.30. The SMILES string of the molecule is N[C@@H](C(=O)N[C@@H]1C(=O)N2C(C(=O)O)=C(Cl)CS[C@H]12)c1ccccc1.O.O=C(O)[C@H]1/C(=C/CO)O[C@@H]2CC(=O)N21. The lowest BCUT2D eigenvalue weighted by atomic mass is 10.0. The van der Waals surface area contributed by atoms with E-state index in [9.17, 15) is 29.1 Å². The van der Waals surface area contributed by atoms with Crippen molar-refractivity contribution in [2.75, 3.05) is 12.4 Å². The average molecular weight is 585 g/mol. The van der Waals surface area contributed by atoms with Crippen LogP contribution in [0.3, 0.4) is 0 Å². The summed E-state index contributed by atoms with van der Waals surface area (Å²) in [6, 6.07) is 6.01. The van der Waals surface area contributed by atoms with Gasteiger partial charge in [-0.2, -0.15) is 0 Å². The zero-order valence-electron chi connectivity index (χ0n) is 20.0. The van der Waals surface area contributed by atoms with E-state index in [1.54, 1.807) is 24.3 Å². The lowest BCUT2D eigenvalue weighted by Gasteiger charge is -2.48. The summed E-state index contributed by atoms with van der Waals surface area (Å²) in [6.45, 7) is -0.298. The van der Waals surface area contributed by atoms with Crippen molar-refractivity contribution in [3.63, 3.8) is 0 Å².